The number of pyridine rings is 1. The number of piperidine rings is 1. The molecule has 5 heteroatoms. The molecule has 1 aliphatic heterocycles. The Bertz CT molecular complexity index is 547. The summed E-state index contributed by atoms with van der Waals surface area (Å²) in [5.74, 6) is 2.57. The minimum atomic E-state index is 0.00324. The smallest absolute Gasteiger partial charge is 0.317 e. The van der Waals surface area contributed by atoms with Crippen molar-refractivity contribution in [1.29, 1.82) is 0 Å². The first-order valence-electron chi connectivity index (χ1n) is 9.25. The highest BCUT2D eigenvalue weighted by Gasteiger charge is 2.32. The summed E-state index contributed by atoms with van der Waals surface area (Å²) in [5.41, 5.74) is 1.05. The van der Waals surface area contributed by atoms with Gasteiger partial charge >= 0.3 is 6.03 Å². The Kier molecular flexibility index (Phi) is 5.27. The van der Waals surface area contributed by atoms with Crippen molar-refractivity contribution in [2.75, 3.05) is 25.0 Å². The van der Waals surface area contributed by atoms with Crippen LogP contribution in [0.25, 0.3) is 0 Å². The fourth-order valence-electron chi connectivity index (χ4n) is 3.33. The third-order valence-corrected chi connectivity index (χ3v) is 5.60. The van der Waals surface area contributed by atoms with Crippen LogP contribution in [0.3, 0.4) is 0 Å². The van der Waals surface area contributed by atoms with Gasteiger partial charge in [0.25, 0.3) is 0 Å². The number of rotatable bonds is 5. The summed E-state index contributed by atoms with van der Waals surface area (Å²) in [6, 6.07) is 4.48. The molecule has 24 heavy (non-hydrogen) atoms. The van der Waals surface area contributed by atoms with E-state index in [1.54, 1.807) is 0 Å². The van der Waals surface area contributed by atoms with Crippen LogP contribution in [0.4, 0.5) is 10.6 Å². The van der Waals surface area contributed by atoms with Crippen LogP contribution < -0.4 is 10.2 Å². The van der Waals surface area contributed by atoms with Gasteiger partial charge in [-0.3, -0.25) is 0 Å². The fraction of sp³-hybridized carbons (Fsp3) is 0.684. The largest absolute Gasteiger partial charge is 0.357 e. The van der Waals surface area contributed by atoms with E-state index in [2.05, 4.69) is 41.2 Å². The van der Waals surface area contributed by atoms with Gasteiger partial charge in [0.1, 0.15) is 5.82 Å². The highest BCUT2D eigenvalue weighted by atomic mass is 16.2. The van der Waals surface area contributed by atoms with Crippen LogP contribution in [0.5, 0.6) is 0 Å². The van der Waals surface area contributed by atoms with Crippen LogP contribution >= 0.6 is 0 Å². The standard InChI is InChI=1S/C19H30N4O/c1-14-8-10-23(11-9-14)18-7-4-16(12-20-18)13-21-19(24)22(3)15(2)17-5-6-17/h4,7,12,14-15,17H,5-6,8-11,13H2,1-3H3,(H,21,24). The minimum Gasteiger partial charge on any atom is -0.357 e. The predicted octanol–water partition coefficient (Wildman–Crippen LogP) is 3.26. The lowest BCUT2D eigenvalue weighted by atomic mass is 9.99. The van der Waals surface area contributed by atoms with Gasteiger partial charge < -0.3 is 15.1 Å². The van der Waals surface area contributed by atoms with E-state index >= 15 is 0 Å². The number of aromatic nitrogens is 1. The fourth-order valence-corrected chi connectivity index (χ4v) is 3.33. The molecule has 1 aromatic heterocycles. The molecule has 2 fully saturated rings. The normalized spacial score (nSPS) is 19.9. The first-order valence-corrected chi connectivity index (χ1v) is 9.25. The molecule has 1 saturated heterocycles. The van der Waals surface area contributed by atoms with Gasteiger partial charge in [0.15, 0.2) is 0 Å². The molecule has 1 aliphatic carbocycles. The minimum absolute atomic E-state index is 0.00324. The van der Waals surface area contributed by atoms with Crippen molar-refractivity contribution in [2.45, 2.75) is 52.1 Å². The van der Waals surface area contributed by atoms with Crippen molar-refractivity contribution >= 4 is 11.8 Å². The predicted molar refractivity (Wildman–Crippen MR) is 97.0 cm³/mol. The van der Waals surface area contributed by atoms with E-state index in [9.17, 15) is 4.79 Å². The van der Waals surface area contributed by atoms with Crippen LogP contribution in [0.15, 0.2) is 18.3 Å². The maximum atomic E-state index is 12.2. The summed E-state index contributed by atoms with van der Waals surface area (Å²) in [5, 5.41) is 3.00. The highest BCUT2D eigenvalue weighted by Crippen LogP contribution is 2.34. The number of carbonyl (C=O) groups excluding carboxylic acids is 1. The highest BCUT2D eigenvalue weighted by molar-refractivity contribution is 5.74. The van der Waals surface area contributed by atoms with Crippen molar-refractivity contribution in [3.8, 4) is 0 Å². The van der Waals surface area contributed by atoms with Gasteiger partial charge in [0.2, 0.25) is 0 Å². The molecule has 0 radical (unpaired) electrons. The van der Waals surface area contributed by atoms with Crippen molar-refractivity contribution in [3.63, 3.8) is 0 Å². The number of hydrogen-bond donors (Lipinski definition) is 1. The summed E-state index contributed by atoms with van der Waals surface area (Å²) in [7, 11) is 1.89. The van der Waals surface area contributed by atoms with E-state index in [4.69, 9.17) is 0 Å². The van der Waals surface area contributed by atoms with E-state index in [0.29, 0.717) is 18.5 Å². The Morgan fingerprint density at radius 3 is 2.62 bits per heavy atom. The molecule has 2 aliphatic rings. The maximum absolute atomic E-state index is 12.2. The van der Waals surface area contributed by atoms with Crippen molar-refractivity contribution in [3.05, 3.63) is 23.9 Å². The van der Waals surface area contributed by atoms with E-state index in [0.717, 1.165) is 30.4 Å². The van der Waals surface area contributed by atoms with Crippen LogP contribution in [0.1, 0.15) is 45.1 Å². The Hall–Kier alpha value is -1.78. The molecule has 1 N–H and O–H groups in total. The van der Waals surface area contributed by atoms with E-state index in [-0.39, 0.29) is 6.03 Å². The number of nitrogens with one attached hydrogen (secondary N) is 1. The topological polar surface area (TPSA) is 48.5 Å². The zero-order valence-corrected chi connectivity index (χ0v) is 15.2. The average Bonchev–Trinajstić information content (AvgIpc) is 3.44. The van der Waals surface area contributed by atoms with Crippen LogP contribution in [-0.2, 0) is 6.54 Å². The van der Waals surface area contributed by atoms with Gasteiger partial charge in [-0.2, -0.15) is 0 Å². The van der Waals surface area contributed by atoms with Gasteiger partial charge in [0.05, 0.1) is 0 Å². The van der Waals surface area contributed by atoms with Gasteiger partial charge in [-0.25, -0.2) is 9.78 Å². The summed E-state index contributed by atoms with van der Waals surface area (Å²) in [6.45, 7) is 7.16. The van der Waals surface area contributed by atoms with E-state index in [1.165, 1.54) is 25.7 Å². The molecular formula is C19H30N4O. The second-order valence-electron chi connectivity index (χ2n) is 7.54. The van der Waals surface area contributed by atoms with Crippen molar-refractivity contribution < 1.29 is 4.79 Å². The Morgan fingerprint density at radius 2 is 2.04 bits per heavy atom. The number of anilines is 1. The van der Waals surface area contributed by atoms with Gasteiger partial charge in [-0.1, -0.05) is 13.0 Å². The maximum Gasteiger partial charge on any atom is 0.317 e. The molecule has 1 aromatic rings. The summed E-state index contributed by atoms with van der Waals surface area (Å²) < 4.78 is 0. The lowest BCUT2D eigenvalue weighted by molar-refractivity contribution is 0.187. The molecular weight excluding hydrogens is 300 g/mol. The first kappa shape index (κ1) is 17.1. The average molecular weight is 330 g/mol. The number of hydrogen-bond acceptors (Lipinski definition) is 3. The van der Waals surface area contributed by atoms with E-state index < -0.39 is 0 Å². The zero-order valence-electron chi connectivity index (χ0n) is 15.2. The second-order valence-corrected chi connectivity index (χ2v) is 7.54. The molecule has 5 nitrogen and oxygen atoms in total. The van der Waals surface area contributed by atoms with Crippen molar-refractivity contribution in [1.82, 2.24) is 15.2 Å². The number of urea groups is 1. The number of nitrogens with zero attached hydrogens (tertiary/aromatic N) is 3. The van der Waals surface area contributed by atoms with E-state index in [1.807, 2.05) is 18.1 Å². The first-order chi connectivity index (χ1) is 11.5. The molecule has 2 amide bonds. The summed E-state index contributed by atoms with van der Waals surface area (Å²) in [6.07, 6.45) is 6.87. The third-order valence-electron chi connectivity index (χ3n) is 5.60. The Morgan fingerprint density at radius 1 is 1.33 bits per heavy atom. The lowest BCUT2D eigenvalue weighted by Gasteiger charge is -2.31. The summed E-state index contributed by atoms with van der Waals surface area (Å²) >= 11 is 0. The molecule has 1 unspecified atom stereocenters. The molecule has 2 heterocycles. The van der Waals surface area contributed by atoms with Gasteiger partial charge in [-0.15, -0.1) is 0 Å². The molecule has 3 rings (SSSR count). The SMILES string of the molecule is CC1CCN(c2ccc(CNC(=O)N(C)C(C)C3CC3)cn2)CC1. The van der Waals surface area contributed by atoms with Crippen LogP contribution in [-0.4, -0.2) is 42.1 Å². The molecule has 0 aromatic carbocycles. The monoisotopic (exact) mass is 330 g/mol. The second kappa shape index (κ2) is 7.41. The third kappa shape index (κ3) is 4.19. The summed E-state index contributed by atoms with van der Waals surface area (Å²) in [4.78, 5) is 21.0. The van der Waals surface area contributed by atoms with Crippen molar-refractivity contribution in [2.24, 2.45) is 11.8 Å². The van der Waals surface area contributed by atoms with Crippen LogP contribution in [0.2, 0.25) is 0 Å². The lowest BCUT2D eigenvalue weighted by Crippen LogP contribution is -2.43. The quantitative estimate of drug-likeness (QED) is 0.901. The Balaban J connectivity index is 1.48. The number of amides is 2. The Labute approximate surface area is 145 Å². The molecule has 1 saturated carbocycles. The molecule has 0 bridgehead atoms. The van der Waals surface area contributed by atoms with Crippen LogP contribution in [0, 0.1) is 11.8 Å². The van der Waals surface area contributed by atoms with Gasteiger partial charge in [0, 0.05) is 38.9 Å². The van der Waals surface area contributed by atoms with Gasteiger partial charge in [-0.05, 0) is 56.1 Å². The molecule has 1 atom stereocenters. The molecule has 132 valence electrons. The zero-order chi connectivity index (χ0) is 17.1. The molecule has 0 spiro atoms. The number of carbonyl (C=O) groups is 1.